The molecular weight excluding hydrogens is 434 g/mol. The van der Waals surface area contributed by atoms with Crippen molar-refractivity contribution in [3.05, 3.63) is 61.1 Å². The molecule has 6 rings (SSSR count). The number of ether oxygens (including phenoxy) is 1. The van der Waals surface area contributed by atoms with Gasteiger partial charge in [-0.2, -0.15) is 5.10 Å². The molecule has 34 heavy (non-hydrogen) atoms. The van der Waals surface area contributed by atoms with Gasteiger partial charge < -0.3 is 9.64 Å². The fourth-order valence-corrected chi connectivity index (χ4v) is 4.11. The lowest BCUT2D eigenvalue weighted by atomic mass is 10.1. The van der Waals surface area contributed by atoms with Gasteiger partial charge in [-0.3, -0.25) is 0 Å². The van der Waals surface area contributed by atoms with E-state index < -0.39 is 0 Å². The molecule has 5 aromatic rings. The SMILES string of the molecule is Cc1cnc(N2CCC(n3ncc4c(Oc5ccc(-n6cnnn6)cc5)ncnc43)CC2)nc1. The summed E-state index contributed by atoms with van der Waals surface area (Å²) in [6.45, 7) is 3.71. The molecule has 0 spiro atoms. The first-order valence-corrected chi connectivity index (χ1v) is 11.0. The first-order valence-electron chi connectivity index (χ1n) is 11.0. The molecule has 1 fully saturated rings. The summed E-state index contributed by atoms with van der Waals surface area (Å²) in [6.07, 6.45) is 10.4. The lowest BCUT2D eigenvalue weighted by Gasteiger charge is -2.32. The second kappa shape index (κ2) is 8.46. The highest BCUT2D eigenvalue weighted by Crippen LogP contribution is 2.31. The smallest absolute Gasteiger partial charge is 0.233 e. The summed E-state index contributed by atoms with van der Waals surface area (Å²) in [5.41, 5.74) is 2.66. The lowest BCUT2D eigenvalue weighted by Crippen LogP contribution is -2.36. The summed E-state index contributed by atoms with van der Waals surface area (Å²) >= 11 is 0. The Hall–Kier alpha value is -4.48. The third-order valence-electron chi connectivity index (χ3n) is 5.88. The molecule has 12 heteroatoms. The van der Waals surface area contributed by atoms with Crippen LogP contribution in [0.2, 0.25) is 0 Å². The maximum Gasteiger partial charge on any atom is 0.233 e. The number of rotatable bonds is 5. The molecule has 1 saturated heterocycles. The Morgan fingerprint density at radius 3 is 2.47 bits per heavy atom. The van der Waals surface area contributed by atoms with Gasteiger partial charge in [-0.1, -0.05) is 0 Å². The highest BCUT2D eigenvalue weighted by molar-refractivity contribution is 5.80. The van der Waals surface area contributed by atoms with Crippen LogP contribution in [0.3, 0.4) is 0 Å². The van der Waals surface area contributed by atoms with Crippen molar-refractivity contribution in [2.75, 3.05) is 18.0 Å². The number of anilines is 1. The van der Waals surface area contributed by atoms with Gasteiger partial charge in [0.2, 0.25) is 11.8 Å². The quantitative estimate of drug-likeness (QED) is 0.390. The Balaban J connectivity index is 1.19. The highest BCUT2D eigenvalue weighted by Gasteiger charge is 2.25. The molecule has 1 aliphatic rings. The fourth-order valence-electron chi connectivity index (χ4n) is 4.11. The van der Waals surface area contributed by atoms with Gasteiger partial charge in [-0.15, -0.1) is 5.10 Å². The normalized spacial score (nSPS) is 14.6. The van der Waals surface area contributed by atoms with Crippen molar-refractivity contribution >= 4 is 17.0 Å². The van der Waals surface area contributed by atoms with Crippen LogP contribution < -0.4 is 9.64 Å². The van der Waals surface area contributed by atoms with E-state index in [0.29, 0.717) is 11.6 Å². The zero-order valence-corrected chi connectivity index (χ0v) is 18.4. The maximum absolute atomic E-state index is 6.06. The number of hydrogen-bond donors (Lipinski definition) is 0. The molecule has 170 valence electrons. The molecule has 0 radical (unpaired) electrons. The van der Waals surface area contributed by atoms with Crippen LogP contribution in [0.1, 0.15) is 24.4 Å². The standard InChI is InChI=1S/C22H21N11O/c1-15-10-23-22(24-11-15)31-8-6-17(7-9-31)33-20-19(12-28-33)21(26-13-25-20)34-18-4-2-16(3-5-18)32-14-27-29-30-32/h2-5,10-14,17H,6-9H2,1H3. The average molecular weight is 455 g/mol. The van der Waals surface area contributed by atoms with Gasteiger partial charge in [-0.25, -0.2) is 29.3 Å². The van der Waals surface area contributed by atoms with Crippen LogP contribution in [0.25, 0.3) is 16.7 Å². The summed E-state index contributed by atoms with van der Waals surface area (Å²) in [4.78, 5) is 20.0. The first-order chi connectivity index (χ1) is 16.7. The summed E-state index contributed by atoms with van der Waals surface area (Å²) in [5.74, 6) is 1.89. The number of aryl methyl sites for hydroxylation is 1. The molecule has 1 aliphatic heterocycles. The van der Waals surface area contributed by atoms with Crippen LogP contribution in [0.4, 0.5) is 5.95 Å². The molecule has 0 bridgehead atoms. The van der Waals surface area contributed by atoms with Crippen LogP contribution >= 0.6 is 0 Å². The first kappa shape index (κ1) is 20.1. The third-order valence-corrected chi connectivity index (χ3v) is 5.88. The largest absolute Gasteiger partial charge is 0.438 e. The Morgan fingerprint density at radius 2 is 1.74 bits per heavy atom. The van der Waals surface area contributed by atoms with Gasteiger partial charge in [0.1, 0.15) is 23.8 Å². The van der Waals surface area contributed by atoms with E-state index in [9.17, 15) is 0 Å². The van der Waals surface area contributed by atoms with E-state index in [2.05, 4.69) is 45.5 Å². The van der Waals surface area contributed by atoms with Crippen molar-refractivity contribution in [1.82, 2.24) is 49.9 Å². The summed E-state index contributed by atoms with van der Waals surface area (Å²) < 4.78 is 9.62. The predicted octanol–water partition coefficient (Wildman–Crippen LogP) is 2.53. The molecule has 0 atom stereocenters. The van der Waals surface area contributed by atoms with Gasteiger partial charge in [0.15, 0.2) is 5.65 Å². The van der Waals surface area contributed by atoms with Crippen molar-refractivity contribution in [3.8, 4) is 17.3 Å². The van der Waals surface area contributed by atoms with E-state index in [1.54, 1.807) is 10.9 Å². The van der Waals surface area contributed by atoms with Crippen molar-refractivity contribution in [3.63, 3.8) is 0 Å². The van der Waals surface area contributed by atoms with Crippen LogP contribution in [0, 0.1) is 6.92 Å². The Labute approximate surface area is 194 Å². The number of benzene rings is 1. The number of nitrogens with zero attached hydrogens (tertiary/aromatic N) is 11. The molecule has 0 N–H and O–H groups in total. The summed E-state index contributed by atoms with van der Waals surface area (Å²) in [6, 6.07) is 7.67. The molecule has 0 aliphatic carbocycles. The predicted molar refractivity (Wildman–Crippen MR) is 122 cm³/mol. The van der Waals surface area contributed by atoms with Crippen LogP contribution in [0.15, 0.2) is 55.5 Å². The second-order valence-corrected chi connectivity index (χ2v) is 8.13. The zero-order valence-electron chi connectivity index (χ0n) is 18.4. The van der Waals surface area contributed by atoms with Gasteiger partial charge in [0, 0.05) is 25.5 Å². The Morgan fingerprint density at radius 1 is 0.941 bits per heavy atom. The van der Waals surface area contributed by atoms with Crippen LogP contribution in [-0.4, -0.2) is 63.0 Å². The average Bonchev–Trinajstić information content (AvgIpc) is 3.56. The molecule has 0 amide bonds. The van der Waals surface area contributed by atoms with E-state index in [-0.39, 0.29) is 6.04 Å². The molecule has 5 heterocycles. The third kappa shape index (κ3) is 3.78. The molecular formula is C22H21N11O. The van der Waals surface area contributed by atoms with Crippen LogP contribution in [-0.2, 0) is 0 Å². The lowest BCUT2D eigenvalue weighted by molar-refractivity contribution is 0.372. The van der Waals surface area contributed by atoms with Gasteiger partial charge >= 0.3 is 0 Å². The van der Waals surface area contributed by atoms with E-state index >= 15 is 0 Å². The zero-order chi connectivity index (χ0) is 22.9. The number of hydrogen-bond acceptors (Lipinski definition) is 10. The number of tetrazole rings is 1. The minimum atomic E-state index is 0.234. The van der Waals surface area contributed by atoms with Crippen molar-refractivity contribution < 1.29 is 4.74 Å². The molecule has 0 saturated carbocycles. The molecule has 4 aromatic heterocycles. The van der Waals surface area contributed by atoms with E-state index in [1.807, 2.05) is 48.3 Å². The maximum atomic E-state index is 6.06. The summed E-state index contributed by atoms with van der Waals surface area (Å²) in [5, 5.41) is 16.6. The summed E-state index contributed by atoms with van der Waals surface area (Å²) in [7, 11) is 0. The van der Waals surface area contributed by atoms with Gasteiger partial charge in [0.25, 0.3) is 0 Å². The van der Waals surface area contributed by atoms with E-state index in [4.69, 9.17) is 4.74 Å². The van der Waals surface area contributed by atoms with Gasteiger partial charge in [-0.05, 0) is 60.0 Å². The minimum absolute atomic E-state index is 0.234. The minimum Gasteiger partial charge on any atom is -0.438 e. The Bertz CT molecular complexity index is 1390. The second-order valence-electron chi connectivity index (χ2n) is 8.13. The molecule has 12 nitrogen and oxygen atoms in total. The molecule has 1 aromatic carbocycles. The van der Waals surface area contributed by atoms with E-state index in [1.165, 1.54) is 12.7 Å². The van der Waals surface area contributed by atoms with E-state index in [0.717, 1.165) is 54.2 Å². The molecule has 0 unspecified atom stereocenters. The fraction of sp³-hybridized carbons (Fsp3) is 0.273. The number of fused-ring (bicyclic) bond motifs is 1. The van der Waals surface area contributed by atoms with Gasteiger partial charge in [0.05, 0.1) is 17.9 Å². The number of aromatic nitrogens is 10. The number of piperidine rings is 1. The van der Waals surface area contributed by atoms with Crippen molar-refractivity contribution in [1.29, 1.82) is 0 Å². The Kier molecular flexibility index (Phi) is 5.02. The van der Waals surface area contributed by atoms with Crippen molar-refractivity contribution in [2.24, 2.45) is 0 Å². The topological polar surface area (TPSA) is 125 Å². The van der Waals surface area contributed by atoms with Crippen molar-refractivity contribution in [2.45, 2.75) is 25.8 Å². The monoisotopic (exact) mass is 455 g/mol. The highest BCUT2D eigenvalue weighted by atomic mass is 16.5. The van der Waals surface area contributed by atoms with Crippen LogP contribution in [0.5, 0.6) is 11.6 Å².